The van der Waals surface area contributed by atoms with E-state index in [1.165, 1.54) is 30.4 Å². The van der Waals surface area contributed by atoms with E-state index < -0.39 is 0 Å². The summed E-state index contributed by atoms with van der Waals surface area (Å²) in [7, 11) is 0. The minimum Gasteiger partial charge on any atom is -0.380 e. The van der Waals surface area contributed by atoms with Crippen molar-refractivity contribution in [1.29, 1.82) is 0 Å². The van der Waals surface area contributed by atoms with Gasteiger partial charge in [0, 0.05) is 5.41 Å². The number of allylic oxidation sites excluding steroid dienone is 4. The third-order valence-corrected chi connectivity index (χ3v) is 4.88. The molecule has 0 aliphatic heterocycles. The van der Waals surface area contributed by atoms with Gasteiger partial charge in [0.1, 0.15) is 0 Å². The molecule has 134 valence electrons. The van der Waals surface area contributed by atoms with Crippen molar-refractivity contribution < 1.29 is 4.74 Å². The Morgan fingerprint density at radius 2 is 2.00 bits per heavy atom. The summed E-state index contributed by atoms with van der Waals surface area (Å²) in [5.74, 6) is 0. The summed E-state index contributed by atoms with van der Waals surface area (Å²) < 4.78 is 5.97. The molecule has 2 rings (SSSR count). The maximum Gasteiger partial charge on any atom is 0.0560 e. The van der Waals surface area contributed by atoms with Gasteiger partial charge in [0.25, 0.3) is 0 Å². The van der Waals surface area contributed by atoms with E-state index in [4.69, 9.17) is 4.74 Å². The van der Waals surface area contributed by atoms with E-state index in [-0.39, 0.29) is 5.41 Å². The Balaban J connectivity index is 1.76. The Morgan fingerprint density at radius 3 is 2.68 bits per heavy atom. The predicted octanol–water partition coefficient (Wildman–Crippen LogP) is 6.53. The molecule has 1 heteroatoms. The summed E-state index contributed by atoms with van der Waals surface area (Å²) >= 11 is 0. The van der Waals surface area contributed by atoms with Gasteiger partial charge in [-0.3, -0.25) is 0 Å². The lowest BCUT2D eigenvalue weighted by atomic mass is 9.78. The lowest BCUT2D eigenvalue weighted by molar-refractivity contribution is 0.0654. The quantitative estimate of drug-likeness (QED) is 0.330. The number of hydrogen-bond donors (Lipinski definition) is 0. The zero-order valence-corrected chi connectivity index (χ0v) is 15.6. The van der Waals surface area contributed by atoms with E-state index in [1.807, 2.05) is 6.08 Å². The van der Waals surface area contributed by atoms with Gasteiger partial charge >= 0.3 is 0 Å². The molecule has 0 heterocycles. The highest BCUT2D eigenvalue weighted by atomic mass is 16.5. The van der Waals surface area contributed by atoms with Gasteiger partial charge in [-0.25, -0.2) is 0 Å². The highest BCUT2D eigenvalue weighted by Crippen LogP contribution is 2.34. The fourth-order valence-electron chi connectivity index (χ4n) is 3.29. The van der Waals surface area contributed by atoms with Gasteiger partial charge < -0.3 is 4.74 Å². The molecule has 0 radical (unpaired) electrons. The number of rotatable bonds is 11. The minimum atomic E-state index is 0.192. The van der Waals surface area contributed by atoms with Gasteiger partial charge in [0.15, 0.2) is 0 Å². The molecule has 0 saturated carbocycles. The van der Waals surface area contributed by atoms with Crippen LogP contribution in [-0.4, -0.2) is 13.2 Å². The molecule has 1 unspecified atom stereocenters. The van der Waals surface area contributed by atoms with Crippen molar-refractivity contribution in [3.63, 3.8) is 0 Å². The SMILES string of the molecule is C=Cc1ccc(CCCCC2(COCCC=CC)C=CC=CC2)cc1. The number of benzene rings is 1. The van der Waals surface area contributed by atoms with Crippen LogP contribution in [0.4, 0.5) is 0 Å². The third kappa shape index (κ3) is 6.88. The maximum absolute atomic E-state index is 5.97. The normalized spacial score (nSPS) is 19.6. The van der Waals surface area contributed by atoms with Crippen LogP contribution in [0, 0.1) is 5.41 Å². The van der Waals surface area contributed by atoms with Crippen LogP contribution in [-0.2, 0) is 11.2 Å². The molecule has 0 fully saturated rings. The van der Waals surface area contributed by atoms with E-state index in [9.17, 15) is 0 Å². The summed E-state index contributed by atoms with van der Waals surface area (Å²) in [4.78, 5) is 0. The van der Waals surface area contributed by atoms with Crippen LogP contribution < -0.4 is 0 Å². The van der Waals surface area contributed by atoms with E-state index in [0.717, 1.165) is 32.5 Å². The molecule has 1 aliphatic carbocycles. The fraction of sp³-hybridized carbons (Fsp3) is 0.417. The number of aryl methyl sites for hydroxylation is 1. The molecule has 1 atom stereocenters. The summed E-state index contributed by atoms with van der Waals surface area (Å²) in [5, 5.41) is 0. The highest BCUT2D eigenvalue weighted by molar-refractivity contribution is 5.47. The lowest BCUT2D eigenvalue weighted by Gasteiger charge is -2.31. The van der Waals surface area contributed by atoms with Crippen molar-refractivity contribution in [2.45, 2.75) is 45.4 Å². The van der Waals surface area contributed by atoms with E-state index in [2.05, 4.69) is 74.2 Å². The molecular weight excluding hydrogens is 304 g/mol. The largest absolute Gasteiger partial charge is 0.380 e. The van der Waals surface area contributed by atoms with Gasteiger partial charge in [-0.15, -0.1) is 0 Å². The predicted molar refractivity (Wildman–Crippen MR) is 110 cm³/mol. The van der Waals surface area contributed by atoms with Crippen molar-refractivity contribution in [2.75, 3.05) is 13.2 Å². The van der Waals surface area contributed by atoms with Crippen molar-refractivity contribution in [2.24, 2.45) is 5.41 Å². The van der Waals surface area contributed by atoms with Gasteiger partial charge in [0.05, 0.1) is 13.2 Å². The molecule has 0 N–H and O–H groups in total. The summed E-state index contributed by atoms with van der Waals surface area (Å²) in [6.07, 6.45) is 22.0. The standard InChI is InChI=1S/C24H32O/c1-3-5-11-20-25-21-24(17-8-6-9-18-24)19-10-7-12-23-15-13-22(4-2)14-16-23/h3-6,8-9,13-17H,2,7,10-12,18-21H2,1H3. The first kappa shape index (κ1) is 19.5. The Hall–Kier alpha value is -1.86. The molecule has 1 aliphatic rings. The molecule has 0 saturated heterocycles. The van der Waals surface area contributed by atoms with E-state index >= 15 is 0 Å². The molecule has 25 heavy (non-hydrogen) atoms. The number of unbranched alkanes of at least 4 members (excludes halogenated alkanes) is 1. The smallest absolute Gasteiger partial charge is 0.0560 e. The van der Waals surface area contributed by atoms with Crippen LogP contribution in [0.25, 0.3) is 6.08 Å². The van der Waals surface area contributed by atoms with Crippen LogP contribution in [0.3, 0.4) is 0 Å². The highest BCUT2D eigenvalue weighted by Gasteiger charge is 2.26. The lowest BCUT2D eigenvalue weighted by Crippen LogP contribution is -2.25. The molecule has 0 amide bonds. The van der Waals surface area contributed by atoms with Crippen LogP contribution >= 0.6 is 0 Å². The number of ether oxygens (including phenoxy) is 1. The molecular formula is C24H32O. The van der Waals surface area contributed by atoms with Gasteiger partial charge in [0.2, 0.25) is 0 Å². The van der Waals surface area contributed by atoms with E-state index in [1.54, 1.807) is 0 Å². The van der Waals surface area contributed by atoms with Crippen LogP contribution in [0.1, 0.15) is 50.2 Å². The van der Waals surface area contributed by atoms with Crippen molar-refractivity contribution in [3.05, 3.63) is 78.4 Å². The van der Waals surface area contributed by atoms with Gasteiger partial charge in [-0.05, 0) is 50.2 Å². The first-order chi connectivity index (χ1) is 12.3. The van der Waals surface area contributed by atoms with Gasteiger partial charge in [-0.1, -0.05) is 79.8 Å². The summed E-state index contributed by atoms with van der Waals surface area (Å²) in [5.41, 5.74) is 2.80. The Kier molecular flexibility index (Phi) is 8.48. The van der Waals surface area contributed by atoms with E-state index in [0.29, 0.717) is 0 Å². The second-order valence-corrected chi connectivity index (χ2v) is 6.92. The van der Waals surface area contributed by atoms with Crippen molar-refractivity contribution in [1.82, 2.24) is 0 Å². The average molecular weight is 337 g/mol. The molecule has 1 aromatic rings. The van der Waals surface area contributed by atoms with Crippen molar-refractivity contribution in [3.8, 4) is 0 Å². The Labute approximate surface area is 153 Å². The topological polar surface area (TPSA) is 9.23 Å². The molecule has 0 spiro atoms. The third-order valence-electron chi connectivity index (χ3n) is 4.88. The van der Waals surface area contributed by atoms with Crippen LogP contribution in [0.5, 0.6) is 0 Å². The first-order valence-corrected chi connectivity index (χ1v) is 9.53. The zero-order chi connectivity index (χ0) is 17.8. The Morgan fingerprint density at radius 1 is 1.16 bits per heavy atom. The maximum atomic E-state index is 5.97. The minimum absolute atomic E-state index is 0.192. The zero-order valence-electron chi connectivity index (χ0n) is 15.6. The monoisotopic (exact) mass is 336 g/mol. The second-order valence-electron chi connectivity index (χ2n) is 6.92. The first-order valence-electron chi connectivity index (χ1n) is 9.53. The number of hydrogen-bond acceptors (Lipinski definition) is 1. The molecule has 1 nitrogen and oxygen atoms in total. The van der Waals surface area contributed by atoms with Crippen LogP contribution in [0.2, 0.25) is 0 Å². The summed E-state index contributed by atoms with van der Waals surface area (Å²) in [6.45, 7) is 7.52. The summed E-state index contributed by atoms with van der Waals surface area (Å²) in [6, 6.07) is 8.74. The Bertz CT molecular complexity index is 591. The molecule has 1 aromatic carbocycles. The fourth-order valence-corrected chi connectivity index (χ4v) is 3.29. The van der Waals surface area contributed by atoms with Gasteiger partial charge in [-0.2, -0.15) is 0 Å². The average Bonchev–Trinajstić information content (AvgIpc) is 2.66. The molecule has 0 aromatic heterocycles. The van der Waals surface area contributed by atoms with Crippen molar-refractivity contribution >= 4 is 6.08 Å². The van der Waals surface area contributed by atoms with Crippen LogP contribution in [0.15, 0.2) is 67.3 Å². The second kappa shape index (κ2) is 10.9. The molecule has 0 bridgehead atoms.